The lowest BCUT2D eigenvalue weighted by Gasteiger charge is -2.27. The predicted molar refractivity (Wildman–Crippen MR) is 102 cm³/mol. The van der Waals surface area contributed by atoms with Crippen molar-refractivity contribution in [3.05, 3.63) is 59.7 Å². The molecule has 0 radical (unpaired) electrons. The van der Waals surface area contributed by atoms with Crippen LogP contribution in [0.1, 0.15) is 24.1 Å². The molecule has 2 aromatic carbocycles. The van der Waals surface area contributed by atoms with E-state index >= 15 is 0 Å². The van der Waals surface area contributed by atoms with Crippen molar-refractivity contribution < 1.29 is 18.3 Å². The highest BCUT2D eigenvalue weighted by Crippen LogP contribution is 2.21. The molecule has 6 nitrogen and oxygen atoms in total. The maximum Gasteiger partial charge on any atom is 0.238 e. The third-order valence-electron chi connectivity index (χ3n) is 4.38. The quantitative estimate of drug-likeness (QED) is 0.734. The van der Waals surface area contributed by atoms with Crippen LogP contribution in [0, 0.1) is 6.92 Å². The van der Waals surface area contributed by atoms with Gasteiger partial charge in [0.1, 0.15) is 18.5 Å². The number of nitrogens with zero attached hydrogens (tertiary/aromatic N) is 1. The minimum absolute atomic E-state index is 0.00219. The zero-order valence-electron chi connectivity index (χ0n) is 15.3. The van der Waals surface area contributed by atoms with E-state index in [9.17, 15) is 13.5 Å². The highest BCUT2D eigenvalue weighted by molar-refractivity contribution is 7.89. The number of ether oxygens (including phenoxy) is 1. The lowest BCUT2D eigenvalue weighted by molar-refractivity contribution is 0.0651. The number of benzene rings is 2. The van der Waals surface area contributed by atoms with Gasteiger partial charge in [0.2, 0.25) is 10.0 Å². The molecule has 0 heterocycles. The van der Waals surface area contributed by atoms with Gasteiger partial charge in [-0.15, -0.1) is 0 Å². The number of sulfonamides is 1. The largest absolute Gasteiger partial charge is 0.491 e. The topological polar surface area (TPSA) is 92.9 Å². The van der Waals surface area contributed by atoms with E-state index in [1.54, 1.807) is 12.1 Å². The van der Waals surface area contributed by atoms with Crippen molar-refractivity contribution in [2.75, 3.05) is 20.2 Å². The Morgan fingerprint density at radius 1 is 1.15 bits per heavy atom. The summed E-state index contributed by atoms with van der Waals surface area (Å²) in [5, 5.41) is 15.4. The van der Waals surface area contributed by atoms with E-state index in [1.807, 2.05) is 50.1 Å². The second-order valence-corrected chi connectivity index (χ2v) is 8.02. The van der Waals surface area contributed by atoms with Crippen LogP contribution >= 0.6 is 0 Å². The van der Waals surface area contributed by atoms with Crippen molar-refractivity contribution in [1.29, 1.82) is 0 Å². The summed E-state index contributed by atoms with van der Waals surface area (Å²) in [5.41, 5.74) is 1.96. The molecule has 0 amide bonds. The van der Waals surface area contributed by atoms with Gasteiger partial charge in [-0.1, -0.05) is 30.3 Å². The number of likely N-dealkylation sites (N-methyl/N-ethyl adjacent to an activating group) is 1. The van der Waals surface area contributed by atoms with Gasteiger partial charge in [-0.25, -0.2) is 13.6 Å². The maximum absolute atomic E-state index is 11.3. The van der Waals surface area contributed by atoms with Crippen molar-refractivity contribution in [1.82, 2.24) is 4.90 Å². The second kappa shape index (κ2) is 8.64. The Labute approximate surface area is 155 Å². The highest BCUT2D eigenvalue weighted by Gasteiger charge is 2.17. The Hall–Kier alpha value is -1.93. The minimum atomic E-state index is -3.69. The fourth-order valence-corrected chi connectivity index (χ4v) is 3.15. The van der Waals surface area contributed by atoms with Gasteiger partial charge in [0.05, 0.1) is 4.90 Å². The first kappa shape index (κ1) is 20.4. The molecule has 3 N–H and O–H groups in total. The number of aryl methyl sites for hydroxylation is 1. The van der Waals surface area contributed by atoms with Crippen LogP contribution in [0.4, 0.5) is 0 Å². The van der Waals surface area contributed by atoms with Crippen LogP contribution in [0.3, 0.4) is 0 Å². The molecule has 0 saturated carbocycles. The average Bonchev–Trinajstić information content (AvgIpc) is 2.59. The molecule has 0 spiro atoms. The molecule has 0 fully saturated rings. The molecule has 26 heavy (non-hydrogen) atoms. The predicted octanol–water partition coefficient (Wildman–Crippen LogP) is 2.08. The van der Waals surface area contributed by atoms with Crippen molar-refractivity contribution in [3.8, 4) is 5.75 Å². The summed E-state index contributed by atoms with van der Waals surface area (Å²) in [4.78, 5) is 2.07. The number of primary sulfonamides is 1. The summed E-state index contributed by atoms with van der Waals surface area (Å²) >= 11 is 0. The lowest BCUT2D eigenvalue weighted by atomic mass is 10.1. The van der Waals surface area contributed by atoms with E-state index in [-0.39, 0.29) is 17.5 Å². The van der Waals surface area contributed by atoms with Gasteiger partial charge in [0.25, 0.3) is 0 Å². The molecule has 2 atom stereocenters. The van der Waals surface area contributed by atoms with Crippen LogP contribution in [0.25, 0.3) is 0 Å². The first-order valence-electron chi connectivity index (χ1n) is 8.38. The molecule has 0 aromatic heterocycles. The van der Waals surface area contributed by atoms with E-state index in [0.29, 0.717) is 6.54 Å². The third kappa shape index (κ3) is 5.54. The Bertz CT molecular complexity index is 822. The Morgan fingerprint density at radius 2 is 1.77 bits per heavy atom. The third-order valence-corrected chi connectivity index (χ3v) is 5.30. The first-order chi connectivity index (χ1) is 12.2. The number of hydrogen-bond acceptors (Lipinski definition) is 5. The fraction of sp³-hybridized carbons (Fsp3) is 0.368. The summed E-state index contributed by atoms with van der Waals surface area (Å²) in [6.45, 7) is 4.57. The molecule has 7 heteroatoms. The molecule has 2 unspecified atom stereocenters. The van der Waals surface area contributed by atoms with E-state index in [4.69, 9.17) is 9.88 Å². The molecule has 2 rings (SSSR count). The number of aliphatic hydroxyl groups is 1. The van der Waals surface area contributed by atoms with Crippen LogP contribution < -0.4 is 9.88 Å². The molecule has 2 aromatic rings. The Kier molecular flexibility index (Phi) is 6.77. The van der Waals surface area contributed by atoms with Gasteiger partial charge in [0, 0.05) is 12.6 Å². The van der Waals surface area contributed by atoms with Crippen LogP contribution in [-0.4, -0.2) is 44.7 Å². The minimum Gasteiger partial charge on any atom is -0.491 e. The van der Waals surface area contributed by atoms with Crippen LogP contribution in [0.15, 0.2) is 53.4 Å². The zero-order valence-corrected chi connectivity index (χ0v) is 16.1. The second-order valence-electron chi connectivity index (χ2n) is 6.46. The van der Waals surface area contributed by atoms with Gasteiger partial charge >= 0.3 is 0 Å². The van der Waals surface area contributed by atoms with Gasteiger partial charge in [0.15, 0.2) is 0 Å². The summed E-state index contributed by atoms with van der Waals surface area (Å²) in [6, 6.07) is 14.1. The number of nitrogens with two attached hydrogens (primary N) is 1. The van der Waals surface area contributed by atoms with E-state index < -0.39 is 16.1 Å². The van der Waals surface area contributed by atoms with E-state index in [2.05, 4.69) is 0 Å². The fourth-order valence-electron chi connectivity index (χ4n) is 2.64. The van der Waals surface area contributed by atoms with Crippen molar-refractivity contribution in [2.45, 2.75) is 30.9 Å². The van der Waals surface area contributed by atoms with Gasteiger partial charge in [-0.2, -0.15) is 0 Å². The van der Waals surface area contributed by atoms with Gasteiger partial charge < -0.3 is 9.84 Å². The van der Waals surface area contributed by atoms with Crippen molar-refractivity contribution in [2.24, 2.45) is 5.14 Å². The summed E-state index contributed by atoms with van der Waals surface area (Å²) in [7, 11) is -1.79. The average molecular weight is 378 g/mol. The van der Waals surface area contributed by atoms with Crippen molar-refractivity contribution >= 4 is 10.0 Å². The summed E-state index contributed by atoms with van der Waals surface area (Å²) < 4.78 is 28.3. The van der Waals surface area contributed by atoms with Gasteiger partial charge in [-0.3, -0.25) is 4.90 Å². The smallest absolute Gasteiger partial charge is 0.238 e. The highest BCUT2D eigenvalue weighted by atomic mass is 32.2. The van der Waals surface area contributed by atoms with Gasteiger partial charge in [-0.05, 0) is 50.2 Å². The summed E-state index contributed by atoms with van der Waals surface area (Å²) in [5.74, 6) is 0.765. The molecule has 0 aliphatic heterocycles. The number of aliphatic hydroxyl groups excluding tert-OH is 1. The first-order valence-corrected chi connectivity index (χ1v) is 9.92. The Morgan fingerprint density at radius 3 is 2.35 bits per heavy atom. The zero-order chi connectivity index (χ0) is 19.3. The molecule has 0 saturated heterocycles. The molecule has 0 aliphatic carbocycles. The van der Waals surface area contributed by atoms with E-state index in [1.165, 1.54) is 12.1 Å². The van der Waals surface area contributed by atoms with Crippen molar-refractivity contribution in [3.63, 3.8) is 0 Å². The lowest BCUT2D eigenvalue weighted by Crippen LogP contribution is -2.34. The molecular formula is C19H26N2O4S. The van der Waals surface area contributed by atoms with Crippen LogP contribution in [0.5, 0.6) is 5.75 Å². The van der Waals surface area contributed by atoms with Crippen LogP contribution in [-0.2, 0) is 10.0 Å². The van der Waals surface area contributed by atoms with E-state index in [0.717, 1.165) is 16.9 Å². The molecular weight excluding hydrogens is 352 g/mol. The van der Waals surface area contributed by atoms with Crippen LogP contribution in [0.2, 0.25) is 0 Å². The standard InChI is InChI=1S/C19H26N2O4S/c1-14-6-4-5-7-19(14)25-13-17(22)12-21(3)15(2)16-8-10-18(11-9-16)26(20,23)24/h4-11,15,17,22H,12-13H2,1-3H3,(H2,20,23,24). The molecule has 0 bridgehead atoms. The number of rotatable bonds is 8. The SMILES string of the molecule is Cc1ccccc1OCC(O)CN(C)C(C)c1ccc(S(N)(=O)=O)cc1. The monoisotopic (exact) mass is 378 g/mol. The molecule has 0 aliphatic rings. The Balaban J connectivity index is 1.91. The normalized spacial score (nSPS) is 14.2. The molecule has 142 valence electrons. The maximum atomic E-state index is 11.3. The number of hydrogen-bond donors (Lipinski definition) is 2. The number of para-hydroxylation sites is 1. The summed E-state index contributed by atoms with van der Waals surface area (Å²) in [6.07, 6.45) is -0.647.